The zero-order chi connectivity index (χ0) is 14.8. The summed E-state index contributed by atoms with van der Waals surface area (Å²) in [5.41, 5.74) is 4.63. The molecule has 108 valence electrons. The smallest absolute Gasteiger partial charge is 0.0671 e. The Kier molecular flexibility index (Phi) is 3.52. The minimum atomic E-state index is 0.238. The Balaban J connectivity index is 1.82. The molecule has 3 aromatic rings. The molecule has 2 aromatic carbocycles. The third-order valence-electron chi connectivity index (χ3n) is 3.77. The van der Waals surface area contributed by atoms with Crippen molar-refractivity contribution in [1.29, 1.82) is 0 Å². The highest BCUT2D eigenvalue weighted by Gasteiger charge is 2.08. The number of H-pyrrole nitrogens is 1. The van der Waals surface area contributed by atoms with E-state index in [1.807, 2.05) is 18.3 Å². The van der Waals surface area contributed by atoms with Crippen molar-refractivity contribution in [1.82, 2.24) is 10.2 Å². The van der Waals surface area contributed by atoms with Gasteiger partial charge in [0.1, 0.15) is 0 Å². The molecule has 0 saturated heterocycles. The molecule has 0 aliphatic heterocycles. The second kappa shape index (κ2) is 5.48. The van der Waals surface area contributed by atoms with Crippen LogP contribution in [-0.4, -0.2) is 24.3 Å². The van der Waals surface area contributed by atoms with Gasteiger partial charge in [0.25, 0.3) is 0 Å². The third-order valence-corrected chi connectivity index (χ3v) is 3.77. The highest BCUT2D eigenvalue weighted by Crippen LogP contribution is 2.26. The number of benzene rings is 2. The summed E-state index contributed by atoms with van der Waals surface area (Å²) in [5, 5.41) is 11.8. The Hall–Kier alpha value is -2.49. The molecule has 0 amide bonds. The van der Waals surface area contributed by atoms with Gasteiger partial charge >= 0.3 is 0 Å². The maximum atomic E-state index is 4.10. The number of aromatic amines is 1. The van der Waals surface area contributed by atoms with E-state index in [0.29, 0.717) is 0 Å². The van der Waals surface area contributed by atoms with Crippen LogP contribution >= 0.6 is 0 Å². The summed E-state index contributed by atoms with van der Waals surface area (Å²) < 4.78 is 0. The molecule has 21 heavy (non-hydrogen) atoms. The van der Waals surface area contributed by atoms with Gasteiger partial charge in [-0.3, -0.25) is 5.10 Å². The Bertz CT molecular complexity index is 728. The van der Waals surface area contributed by atoms with Gasteiger partial charge in [0, 0.05) is 36.9 Å². The van der Waals surface area contributed by atoms with Crippen LogP contribution in [0.3, 0.4) is 0 Å². The van der Waals surface area contributed by atoms with Crippen LogP contribution < -0.4 is 10.2 Å². The van der Waals surface area contributed by atoms with Crippen molar-refractivity contribution in [3.63, 3.8) is 0 Å². The van der Waals surface area contributed by atoms with Crippen molar-refractivity contribution in [2.45, 2.75) is 13.0 Å². The van der Waals surface area contributed by atoms with E-state index in [2.05, 4.69) is 71.8 Å². The first-order valence-electron chi connectivity index (χ1n) is 7.11. The fourth-order valence-electron chi connectivity index (χ4n) is 2.47. The standard InChI is InChI=1S/C17H20N4/c1-12(13-7-9-14(10-8-13)21(2)3)19-16-5-4-6-17-15(16)11-18-20-17/h4-12,19H,1-3H3,(H,18,20). The first-order chi connectivity index (χ1) is 10.1. The molecular formula is C17H20N4. The molecule has 1 aromatic heterocycles. The van der Waals surface area contributed by atoms with Gasteiger partial charge in [0.2, 0.25) is 0 Å². The predicted octanol–water partition coefficient (Wildman–Crippen LogP) is 3.80. The second-order valence-electron chi connectivity index (χ2n) is 5.49. The number of nitrogens with zero attached hydrogens (tertiary/aromatic N) is 2. The average molecular weight is 280 g/mol. The normalized spacial score (nSPS) is 12.3. The van der Waals surface area contributed by atoms with Gasteiger partial charge in [0.15, 0.2) is 0 Å². The number of fused-ring (bicyclic) bond motifs is 1. The van der Waals surface area contributed by atoms with Crippen molar-refractivity contribution >= 4 is 22.3 Å². The molecule has 1 unspecified atom stereocenters. The molecule has 0 aliphatic carbocycles. The third kappa shape index (κ3) is 2.70. The molecular weight excluding hydrogens is 260 g/mol. The van der Waals surface area contributed by atoms with Crippen molar-refractivity contribution in [2.24, 2.45) is 0 Å². The first kappa shape index (κ1) is 13.5. The zero-order valence-corrected chi connectivity index (χ0v) is 12.6. The topological polar surface area (TPSA) is 44.0 Å². The van der Waals surface area contributed by atoms with Gasteiger partial charge in [-0.25, -0.2) is 0 Å². The summed E-state index contributed by atoms with van der Waals surface area (Å²) in [4.78, 5) is 2.11. The van der Waals surface area contributed by atoms with E-state index in [1.54, 1.807) is 0 Å². The van der Waals surface area contributed by atoms with Crippen LogP contribution in [0.5, 0.6) is 0 Å². The fraction of sp³-hybridized carbons (Fsp3) is 0.235. The van der Waals surface area contributed by atoms with Crippen molar-refractivity contribution in [3.05, 3.63) is 54.2 Å². The second-order valence-corrected chi connectivity index (χ2v) is 5.49. The van der Waals surface area contributed by atoms with E-state index >= 15 is 0 Å². The highest BCUT2D eigenvalue weighted by atomic mass is 15.1. The molecule has 3 rings (SSSR count). The molecule has 0 bridgehead atoms. The van der Waals surface area contributed by atoms with Gasteiger partial charge < -0.3 is 10.2 Å². The fourth-order valence-corrected chi connectivity index (χ4v) is 2.47. The average Bonchev–Trinajstić information content (AvgIpc) is 2.97. The van der Waals surface area contributed by atoms with Gasteiger partial charge in [-0.15, -0.1) is 0 Å². The summed E-state index contributed by atoms with van der Waals surface area (Å²) in [6.45, 7) is 2.17. The molecule has 0 radical (unpaired) electrons. The van der Waals surface area contributed by atoms with Gasteiger partial charge in [-0.1, -0.05) is 18.2 Å². The van der Waals surface area contributed by atoms with Crippen LogP contribution in [0.15, 0.2) is 48.7 Å². The van der Waals surface area contributed by atoms with E-state index in [9.17, 15) is 0 Å². The van der Waals surface area contributed by atoms with Crippen LogP contribution in [-0.2, 0) is 0 Å². The van der Waals surface area contributed by atoms with E-state index in [4.69, 9.17) is 0 Å². The maximum absolute atomic E-state index is 4.10. The molecule has 1 atom stereocenters. The molecule has 0 saturated carbocycles. The summed E-state index contributed by atoms with van der Waals surface area (Å²) in [7, 11) is 4.10. The number of nitrogens with one attached hydrogen (secondary N) is 2. The monoisotopic (exact) mass is 280 g/mol. The van der Waals surface area contributed by atoms with Crippen molar-refractivity contribution in [2.75, 3.05) is 24.3 Å². The number of rotatable bonds is 4. The summed E-state index contributed by atoms with van der Waals surface area (Å²) in [5.74, 6) is 0. The van der Waals surface area contributed by atoms with Crippen molar-refractivity contribution in [3.8, 4) is 0 Å². The van der Waals surface area contributed by atoms with Crippen LogP contribution in [0.4, 0.5) is 11.4 Å². The largest absolute Gasteiger partial charge is 0.378 e. The summed E-state index contributed by atoms with van der Waals surface area (Å²) >= 11 is 0. The molecule has 2 N–H and O–H groups in total. The molecule has 1 heterocycles. The predicted molar refractivity (Wildman–Crippen MR) is 88.9 cm³/mol. The maximum Gasteiger partial charge on any atom is 0.0671 e. The van der Waals surface area contributed by atoms with E-state index in [1.165, 1.54) is 11.3 Å². The Labute approximate surface area is 124 Å². The van der Waals surface area contributed by atoms with Gasteiger partial charge in [-0.05, 0) is 36.8 Å². The number of hydrogen-bond donors (Lipinski definition) is 2. The quantitative estimate of drug-likeness (QED) is 0.764. The van der Waals surface area contributed by atoms with Crippen LogP contribution in [0.1, 0.15) is 18.5 Å². The summed E-state index contributed by atoms with van der Waals surface area (Å²) in [6.07, 6.45) is 1.86. The lowest BCUT2D eigenvalue weighted by molar-refractivity contribution is 0.886. The number of anilines is 2. The minimum Gasteiger partial charge on any atom is -0.378 e. The Morgan fingerprint density at radius 1 is 1.10 bits per heavy atom. The Morgan fingerprint density at radius 3 is 2.57 bits per heavy atom. The molecule has 4 heteroatoms. The molecule has 0 aliphatic rings. The van der Waals surface area contributed by atoms with Crippen molar-refractivity contribution < 1.29 is 0 Å². The molecule has 0 spiro atoms. The van der Waals surface area contributed by atoms with E-state index < -0.39 is 0 Å². The van der Waals surface area contributed by atoms with Gasteiger partial charge in [-0.2, -0.15) is 5.10 Å². The van der Waals surface area contributed by atoms with Gasteiger partial charge in [0.05, 0.1) is 11.7 Å². The lowest BCUT2D eigenvalue weighted by atomic mass is 10.1. The Morgan fingerprint density at radius 2 is 1.86 bits per heavy atom. The number of hydrogen-bond acceptors (Lipinski definition) is 3. The molecule has 4 nitrogen and oxygen atoms in total. The lowest BCUT2D eigenvalue weighted by Gasteiger charge is -2.18. The zero-order valence-electron chi connectivity index (χ0n) is 12.6. The lowest BCUT2D eigenvalue weighted by Crippen LogP contribution is -2.10. The van der Waals surface area contributed by atoms with Crippen LogP contribution in [0.25, 0.3) is 10.9 Å². The summed E-state index contributed by atoms with van der Waals surface area (Å²) in [6, 6.07) is 15.0. The number of aromatic nitrogens is 2. The SMILES string of the molecule is CC(Nc1cccc2[nH]ncc12)c1ccc(N(C)C)cc1. The van der Waals surface area contributed by atoms with E-state index in [0.717, 1.165) is 16.6 Å². The molecule has 0 fully saturated rings. The first-order valence-corrected chi connectivity index (χ1v) is 7.11. The van der Waals surface area contributed by atoms with Crippen LogP contribution in [0, 0.1) is 0 Å². The highest BCUT2D eigenvalue weighted by molar-refractivity contribution is 5.90. The van der Waals surface area contributed by atoms with E-state index in [-0.39, 0.29) is 6.04 Å². The minimum absolute atomic E-state index is 0.238. The van der Waals surface area contributed by atoms with Crippen LogP contribution in [0.2, 0.25) is 0 Å².